The molecule has 3 N–H and O–H groups in total. The summed E-state index contributed by atoms with van der Waals surface area (Å²) in [5, 5.41) is 8.98. The van der Waals surface area contributed by atoms with Crippen molar-refractivity contribution in [2.24, 2.45) is 5.92 Å². The Morgan fingerprint density at radius 3 is 2.27 bits per heavy atom. The van der Waals surface area contributed by atoms with Gasteiger partial charge in [-0.1, -0.05) is 12.1 Å². The third-order valence-corrected chi connectivity index (χ3v) is 4.67. The van der Waals surface area contributed by atoms with E-state index in [2.05, 4.69) is 16.0 Å². The number of rotatable bonds is 5. The largest absolute Gasteiger partial charge is 0.336 e. The lowest BCUT2D eigenvalue weighted by atomic mass is 9.89. The van der Waals surface area contributed by atoms with E-state index in [-0.39, 0.29) is 23.7 Å². The molecule has 4 nitrogen and oxygen atoms in total. The van der Waals surface area contributed by atoms with Crippen molar-refractivity contribution < 1.29 is 13.6 Å². The molecule has 2 amide bonds. The molecule has 2 atom stereocenters. The van der Waals surface area contributed by atoms with Crippen molar-refractivity contribution in [3.8, 4) is 0 Å². The molecule has 2 aromatic carbocycles. The van der Waals surface area contributed by atoms with Crippen LogP contribution >= 0.6 is 0 Å². The van der Waals surface area contributed by atoms with Gasteiger partial charge in [-0.3, -0.25) is 0 Å². The number of nitrogens with one attached hydrogen (secondary N) is 3. The molecule has 2 aromatic rings. The van der Waals surface area contributed by atoms with Gasteiger partial charge in [0.1, 0.15) is 11.6 Å². The summed E-state index contributed by atoms with van der Waals surface area (Å²) in [5.74, 6) is -0.0251. The lowest BCUT2D eigenvalue weighted by Gasteiger charge is -2.30. The zero-order chi connectivity index (χ0) is 18.4. The highest BCUT2D eigenvalue weighted by atomic mass is 19.1. The zero-order valence-corrected chi connectivity index (χ0v) is 14.5. The lowest BCUT2D eigenvalue weighted by molar-refractivity contribution is 0.247. The maximum atomic E-state index is 13.0. The van der Waals surface area contributed by atoms with Crippen LogP contribution in [0.4, 0.5) is 19.3 Å². The summed E-state index contributed by atoms with van der Waals surface area (Å²) in [4.78, 5) is 11.9. The van der Waals surface area contributed by atoms with Crippen molar-refractivity contribution in [1.29, 1.82) is 0 Å². The van der Waals surface area contributed by atoms with Gasteiger partial charge in [-0.2, -0.15) is 0 Å². The van der Waals surface area contributed by atoms with Gasteiger partial charge in [-0.25, -0.2) is 13.6 Å². The normalized spacial score (nSPS) is 19.8. The Balaban J connectivity index is 1.36. The van der Waals surface area contributed by atoms with Gasteiger partial charge >= 0.3 is 6.03 Å². The van der Waals surface area contributed by atoms with Crippen LogP contribution < -0.4 is 16.0 Å². The molecule has 3 rings (SSSR count). The van der Waals surface area contributed by atoms with Crippen LogP contribution in [0.15, 0.2) is 48.5 Å². The Hall–Kier alpha value is -2.47. The van der Waals surface area contributed by atoms with Crippen molar-refractivity contribution in [2.75, 3.05) is 18.4 Å². The number of carbonyl (C=O) groups is 1. The number of carbonyl (C=O) groups excluding carboxylic acids is 1. The van der Waals surface area contributed by atoms with Gasteiger partial charge < -0.3 is 16.0 Å². The highest BCUT2D eigenvalue weighted by Crippen LogP contribution is 2.19. The fraction of sp³-hybridized carbons (Fsp3) is 0.350. The predicted octanol–water partition coefficient (Wildman–Crippen LogP) is 3.70. The average molecular weight is 359 g/mol. The van der Waals surface area contributed by atoms with E-state index in [4.69, 9.17) is 0 Å². The summed E-state index contributed by atoms with van der Waals surface area (Å²) in [6, 6.07) is 12.3. The number of hydrogen-bond acceptors (Lipinski definition) is 2. The molecule has 0 spiro atoms. The Bertz CT molecular complexity index is 711. The Labute approximate surface area is 152 Å². The second-order valence-electron chi connectivity index (χ2n) is 6.72. The highest BCUT2D eigenvalue weighted by Gasteiger charge is 2.21. The molecule has 26 heavy (non-hydrogen) atoms. The number of urea groups is 1. The lowest BCUT2D eigenvalue weighted by Crippen LogP contribution is -2.47. The molecule has 0 saturated carbocycles. The molecule has 0 radical (unpaired) electrons. The van der Waals surface area contributed by atoms with Crippen molar-refractivity contribution in [1.82, 2.24) is 10.6 Å². The van der Waals surface area contributed by atoms with Gasteiger partial charge in [0, 0.05) is 18.3 Å². The van der Waals surface area contributed by atoms with E-state index in [9.17, 15) is 13.6 Å². The Kier molecular flexibility index (Phi) is 6.17. The summed E-state index contributed by atoms with van der Waals surface area (Å²) in [6.45, 7) is 1.42. The van der Waals surface area contributed by atoms with E-state index in [0.717, 1.165) is 31.4 Å². The molecule has 138 valence electrons. The van der Waals surface area contributed by atoms with Crippen LogP contribution in [0.25, 0.3) is 0 Å². The first-order valence-corrected chi connectivity index (χ1v) is 8.87. The van der Waals surface area contributed by atoms with Crippen LogP contribution in [0.2, 0.25) is 0 Å². The molecule has 0 unspecified atom stereocenters. The third-order valence-electron chi connectivity index (χ3n) is 4.67. The van der Waals surface area contributed by atoms with E-state index in [0.29, 0.717) is 18.2 Å². The fourth-order valence-electron chi connectivity index (χ4n) is 3.20. The molecular formula is C20H23F2N3O. The molecule has 6 heteroatoms. The Morgan fingerprint density at radius 1 is 1.00 bits per heavy atom. The van der Waals surface area contributed by atoms with Gasteiger partial charge in [0.2, 0.25) is 0 Å². The molecular weight excluding hydrogens is 336 g/mol. The average Bonchev–Trinajstić information content (AvgIpc) is 2.65. The molecule has 1 aliphatic heterocycles. The smallest absolute Gasteiger partial charge is 0.319 e. The predicted molar refractivity (Wildman–Crippen MR) is 98.0 cm³/mol. The third kappa shape index (κ3) is 5.52. The minimum atomic E-state index is -0.336. The second kappa shape index (κ2) is 8.76. The zero-order valence-electron chi connectivity index (χ0n) is 14.5. The van der Waals surface area contributed by atoms with Crippen LogP contribution in [0, 0.1) is 17.6 Å². The standard InChI is InChI=1S/C20H23F2N3O/c21-16-4-1-14(2-5-16)11-15-3-8-19(23-12-15)13-24-20(26)25-18-9-6-17(22)7-10-18/h1-2,4-7,9-10,15,19,23H,3,8,11-13H2,(H2,24,25,26)/t15-,19-/m0/s1. The topological polar surface area (TPSA) is 53.2 Å². The van der Waals surface area contributed by atoms with E-state index in [1.807, 2.05) is 12.1 Å². The van der Waals surface area contributed by atoms with Gasteiger partial charge in [0.05, 0.1) is 0 Å². The second-order valence-corrected chi connectivity index (χ2v) is 6.72. The molecule has 0 aliphatic carbocycles. The number of hydrogen-bond donors (Lipinski definition) is 3. The van der Waals surface area contributed by atoms with Crippen LogP contribution in [0.1, 0.15) is 18.4 Å². The monoisotopic (exact) mass is 359 g/mol. The van der Waals surface area contributed by atoms with Gasteiger partial charge in [-0.05, 0) is 73.7 Å². The van der Waals surface area contributed by atoms with Crippen molar-refractivity contribution >= 4 is 11.7 Å². The van der Waals surface area contributed by atoms with Crippen LogP contribution in [-0.2, 0) is 6.42 Å². The minimum absolute atomic E-state index is 0.208. The summed E-state index contributed by atoms with van der Waals surface area (Å²) in [6.07, 6.45) is 2.97. The number of anilines is 1. The summed E-state index contributed by atoms with van der Waals surface area (Å²) in [7, 11) is 0. The maximum absolute atomic E-state index is 13.0. The fourth-order valence-corrected chi connectivity index (χ4v) is 3.20. The van der Waals surface area contributed by atoms with Crippen molar-refractivity contribution in [3.63, 3.8) is 0 Å². The quantitative estimate of drug-likeness (QED) is 0.762. The first-order valence-electron chi connectivity index (χ1n) is 8.87. The van der Waals surface area contributed by atoms with Gasteiger partial charge in [-0.15, -0.1) is 0 Å². The molecule has 1 aliphatic rings. The first kappa shape index (κ1) is 18.3. The van der Waals surface area contributed by atoms with Crippen LogP contribution in [0.3, 0.4) is 0 Å². The molecule has 0 aromatic heterocycles. The van der Waals surface area contributed by atoms with E-state index < -0.39 is 0 Å². The van der Waals surface area contributed by atoms with Gasteiger partial charge in [0.15, 0.2) is 0 Å². The van der Waals surface area contributed by atoms with E-state index in [1.54, 1.807) is 0 Å². The summed E-state index contributed by atoms with van der Waals surface area (Å²) >= 11 is 0. The maximum Gasteiger partial charge on any atom is 0.319 e. The number of benzene rings is 2. The number of amides is 2. The Morgan fingerprint density at radius 2 is 1.65 bits per heavy atom. The van der Waals surface area contributed by atoms with Crippen molar-refractivity contribution in [2.45, 2.75) is 25.3 Å². The molecule has 1 fully saturated rings. The SMILES string of the molecule is O=C(NC[C@@H]1CC[C@@H](Cc2ccc(F)cc2)CN1)Nc1ccc(F)cc1. The van der Waals surface area contributed by atoms with E-state index >= 15 is 0 Å². The summed E-state index contributed by atoms with van der Waals surface area (Å²) < 4.78 is 25.8. The van der Waals surface area contributed by atoms with Crippen LogP contribution in [-0.4, -0.2) is 25.2 Å². The van der Waals surface area contributed by atoms with Crippen LogP contribution in [0.5, 0.6) is 0 Å². The minimum Gasteiger partial charge on any atom is -0.336 e. The van der Waals surface area contributed by atoms with Gasteiger partial charge in [0.25, 0.3) is 0 Å². The number of piperidine rings is 1. The van der Waals surface area contributed by atoms with E-state index in [1.165, 1.54) is 36.4 Å². The molecule has 0 bridgehead atoms. The first-order chi connectivity index (χ1) is 12.6. The molecule has 1 saturated heterocycles. The molecule has 1 heterocycles. The van der Waals surface area contributed by atoms with Crippen molar-refractivity contribution in [3.05, 3.63) is 65.7 Å². The summed E-state index contributed by atoms with van der Waals surface area (Å²) in [5.41, 5.74) is 1.70. The number of halogens is 2. The highest BCUT2D eigenvalue weighted by molar-refractivity contribution is 5.89.